The summed E-state index contributed by atoms with van der Waals surface area (Å²) in [6.07, 6.45) is -0.363. The second-order valence-corrected chi connectivity index (χ2v) is 16.0. The second kappa shape index (κ2) is 13.9. The van der Waals surface area contributed by atoms with Crippen LogP contribution >= 0.6 is 18.9 Å². The summed E-state index contributed by atoms with van der Waals surface area (Å²) in [4.78, 5) is 77.4. The third-order valence-electron chi connectivity index (χ3n) is 8.78. The molecule has 0 radical (unpaired) electrons. The molecule has 3 heterocycles. The van der Waals surface area contributed by atoms with Gasteiger partial charge in [-0.1, -0.05) is 57.2 Å². The van der Waals surface area contributed by atoms with Crippen LogP contribution in [0.25, 0.3) is 10.1 Å². The lowest BCUT2D eigenvalue weighted by atomic mass is 9.85. The number of alkyl halides is 2. The molecule has 0 bridgehead atoms. The van der Waals surface area contributed by atoms with E-state index in [0.29, 0.717) is 11.2 Å². The Hall–Kier alpha value is -3.75. The van der Waals surface area contributed by atoms with E-state index in [2.05, 4.69) is 5.32 Å². The van der Waals surface area contributed by atoms with Crippen molar-refractivity contribution >= 4 is 52.6 Å². The first-order chi connectivity index (χ1) is 22.9. The zero-order valence-electron chi connectivity index (χ0n) is 27.5. The Morgan fingerprint density at radius 3 is 2.31 bits per heavy atom. The van der Waals surface area contributed by atoms with E-state index >= 15 is 0 Å². The van der Waals surface area contributed by atoms with Gasteiger partial charge in [-0.05, 0) is 34.6 Å². The lowest BCUT2D eigenvalue weighted by Gasteiger charge is -2.45. The number of benzene rings is 2. The third-order valence-corrected chi connectivity index (χ3v) is 10.9. The maximum Gasteiger partial charge on any atom is 0.399 e. The second-order valence-electron chi connectivity index (χ2n) is 13.3. The summed E-state index contributed by atoms with van der Waals surface area (Å²) < 4.78 is 46.5. The van der Waals surface area contributed by atoms with Crippen molar-refractivity contribution in [2.75, 3.05) is 39.3 Å². The van der Waals surface area contributed by atoms with Crippen molar-refractivity contribution in [3.05, 3.63) is 70.6 Å². The van der Waals surface area contributed by atoms with Crippen molar-refractivity contribution in [1.29, 1.82) is 0 Å². The van der Waals surface area contributed by atoms with Crippen LogP contribution in [0.4, 0.5) is 8.78 Å². The largest absolute Gasteiger partial charge is 0.399 e. The molecule has 49 heavy (non-hydrogen) atoms. The average molecular weight is 721 g/mol. The minimum absolute atomic E-state index is 0.0179. The van der Waals surface area contributed by atoms with Gasteiger partial charge >= 0.3 is 13.3 Å². The summed E-state index contributed by atoms with van der Waals surface area (Å²) in [7, 11) is -5.80. The van der Waals surface area contributed by atoms with Crippen molar-refractivity contribution in [3.63, 3.8) is 0 Å². The van der Waals surface area contributed by atoms with Gasteiger partial charge in [0.1, 0.15) is 18.2 Å². The van der Waals surface area contributed by atoms with Crippen LogP contribution in [0.1, 0.15) is 54.6 Å². The molecule has 3 atom stereocenters. The van der Waals surface area contributed by atoms with Gasteiger partial charge < -0.3 is 34.5 Å². The summed E-state index contributed by atoms with van der Waals surface area (Å²) in [6.45, 7) is 7.76. The predicted octanol–water partition coefficient (Wildman–Crippen LogP) is 3.93. The Kier molecular flexibility index (Phi) is 10.3. The van der Waals surface area contributed by atoms with Gasteiger partial charge in [-0.3, -0.25) is 23.7 Å². The fourth-order valence-corrected chi connectivity index (χ4v) is 7.42. The van der Waals surface area contributed by atoms with Crippen LogP contribution in [-0.4, -0.2) is 99.5 Å². The van der Waals surface area contributed by atoms with Gasteiger partial charge in [0, 0.05) is 36.8 Å². The molecule has 3 N–H and O–H groups in total. The number of nitrogens with zero attached hydrogens (tertiary/aromatic N) is 3. The molecule has 0 saturated carbocycles. The van der Waals surface area contributed by atoms with Gasteiger partial charge in [0.15, 0.2) is 0 Å². The van der Waals surface area contributed by atoms with Gasteiger partial charge in [0.05, 0.1) is 24.6 Å². The molecule has 12 nitrogen and oxygen atoms in total. The number of fused-ring (bicyclic) bond motifs is 1. The van der Waals surface area contributed by atoms with Crippen molar-refractivity contribution in [3.8, 4) is 0 Å². The SMILES string of the molecule is CC(=O)N1CCN(C(=O)[C@@H](NC(=O)c2cc3cc(C(F)(F)P(=O)(O)O)ccc3s2)C(C)(C)C)[C@H](C(=O)N2CCO[C@H](c3ccccc3)C2)C1. The first kappa shape index (κ1) is 36.5. The lowest BCUT2D eigenvalue weighted by molar-refractivity contribution is -0.158. The number of amides is 4. The van der Waals surface area contributed by atoms with Gasteiger partial charge in [0.25, 0.3) is 5.91 Å². The number of morpholine rings is 1. The fraction of sp³-hybridized carbons (Fsp3) is 0.455. The quantitative estimate of drug-likeness (QED) is 0.310. The Labute approximate surface area is 286 Å². The lowest BCUT2D eigenvalue weighted by Crippen LogP contribution is -2.66. The molecule has 4 amide bonds. The van der Waals surface area contributed by atoms with Crippen molar-refractivity contribution < 1.29 is 47.0 Å². The van der Waals surface area contributed by atoms with Crippen molar-refractivity contribution in [2.45, 2.75) is 51.5 Å². The molecule has 1 aromatic heterocycles. The molecule has 2 aliphatic rings. The van der Waals surface area contributed by atoms with E-state index in [-0.39, 0.29) is 61.0 Å². The maximum atomic E-state index is 14.4. The fourth-order valence-electron chi connectivity index (χ4n) is 6.00. The van der Waals surface area contributed by atoms with Gasteiger partial charge in [-0.25, -0.2) is 0 Å². The molecular formula is C33H39F2N4O8PS. The number of halogens is 2. The number of thiophene rings is 1. The highest BCUT2D eigenvalue weighted by molar-refractivity contribution is 7.52. The van der Waals surface area contributed by atoms with Gasteiger partial charge in [-0.15, -0.1) is 11.3 Å². The third kappa shape index (κ3) is 7.71. The van der Waals surface area contributed by atoms with Crippen LogP contribution in [0.5, 0.6) is 0 Å². The Morgan fingerprint density at radius 1 is 0.980 bits per heavy atom. The number of piperazine rings is 1. The minimum Gasteiger partial charge on any atom is -0.370 e. The minimum atomic E-state index is -5.80. The van der Waals surface area contributed by atoms with E-state index in [9.17, 15) is 32.5 Å². The van der Waals surface area contributed by atoms with E-state index in [0.717, 1.165) is 29.0 Å². The summed E-state index contributed by atoms with van der Waals surface area (Å²) in [5.41, 5.74) is -5.24. The van der Waals surface area contributed by atoms with Crippen LogP contribution in [0, 0.1) is 5.41 Å². The molecule has 5 rings (SSSR count). The maximum absolute atomic E-state index is 14.4. The molecule has 0 aliphatic carbocycles. The number of hydrogen-bond acceptors (Lipinski definition) is 7. The number of nitrogens with one attached hydrogen (secondary N) is 1. The Balaban J connectivity index is 1.39. The summed E-state index contributed by atoms with van der Waals surface area (Å²) in [6, 6.07) is 11.7. The zero-order chi connectivity index (χ0) is 35.9. The number of ether oxygens (including phenoxy) is 1. The van der Waals surface area contributed by atoms with Crippen molar-refractivity contribution in [2.24, 2.45) is 5.41 Å². The van der Waals surface area contributed by atoms with E-state index in [4.69, 9.17) is 14.5 Å². The van der Waals surface area contributed by atoms with Crippen LogP contribution in [0.15, 0.2) is 54.6 Å². The molecule has 2 aromatic carbocycles. The van der Waals surface area contributed by atoms with E-state index in [1.54, 1.807) is 25.7 Å². The van der Waals surface area contributed by atoms with Crippen LogP contribution in [0.2, 0.25) is 0 Å². The van der Waals surface area contributed by atoms with Crippen LogP contribution in [-0.2, 0) is 29.3 Å². The molecule has 264 valence electrons. The normalized spacial score (nSPS) is 19.9. The van der Waals surface area contributed by atoms with Crippen molar-refractivity contribution in [1.82, 2.24) is 20.0 Å². The van der Waals surface area contributed by atoms with Gasteiger partial charge in [0.2, 0.25) is 17.7 Å². The van der Waals surface area contributed by atoms with E-state index < -0.39 is 48.1 Å². The van der Waals surface area contributed by atoms with Crippen LogP contribution < -0.4 is 5.32 Å². The summed E-state index contributed by atoms with van der Waals surface area (Å²) in [5, 5.41) is 2.96. The molecule has 0 unspecified atom stereocenters. The molecule has 2 fully saturated rings. The molecule has 16 heteroatoms. The standard InChI is InChI=1S/C33H39F2N4O8PS/c1-20(40)37-12-13-39(24(18-37)30(42)38-14-15-47-25(19-38)21-8-6-5-7-9-21)31(43)28(32(2,3)4)36-29(41)27-17-22-16-23(10-11-26(22)49-27)33(34,35)48(44,45)46/h5-11,16-17,24-25,28H,12-15,18-19H2,1-4H3,(H,36,41)(H2,44,45,46)/t24-,25-,28+/m0/s1. The van der Waals surface area contributed by atoms with Crippen LogP contribution in [0.3, 0.4) is 0 Å². The first-order valence-electron chi connectivity index (χ1n) is 15.7. The van der Waals surface area contributed by atoms with E-state index in [1.165, 1.54) is 28.9 Å². The molecule has 2 aliphatic heterocycles. The average Bonchev–Trinajstić information content (AvgIpc) is 3.49. The summed E-state index contributed by atoms with van der Waals surface area (Å²) in [5.74, 6) is -1.75. The first-order valence-corrected chi connectivity index (χ1v) is 18.1. The zero-order valence-corrected chi connectivity index (χ0v) is 29.2. The number of carbonyl (C=O) groups excluding carboxylic acids is 4. The highest BCUT2D eigenvalue weighted by Crippen LogP contribution is 2.59. The number of hydrogen-bond donors (Lipinski definition) is 3. The highest BCUT2D eigenvalue weighted by Gasteiger charge is 2.50. The predicted molar refractivity (Wildman–Crippen MR) is 178 cm³/mol. The smallest absolute Gasteiger partial charge is 0.370 e. The number of carbonyl (C=O) groups is 4. The molecule has 3 aromatic rings. The Morgan fingerprint density at radius 2 is 1.67 bits per heavy atom. The molecular weight excluding hydrogens is 681 g/mol. The monoisotopic (exact) mass is 720 g/mol. The number of rotatable bonds is 7. The van der Waals surface area contributed by atoms with E-state index in [1.807, 2.05) is 30.3 Å². The van der Waals surface area contributed by atoms with Gasteiger partial charge in [-0.2, -0.15) is 8.78 Å². The highest BCUT2D eigenvalue weighted by atomic mass is 32.1. The molecule has 2 saturated heterocycles. The topological polar surface area (TPSA) is 157 Å². The molecule has 0 spiro atoms. The summed E-state index contributed by atoms with van der Waals surface area (Å²) >= 11 is 0.965. The Bertz CT molecular complexity index is 1790.